The number of ether oxygens (including phenoxy) is 1. The van der Waals surface area contributed by atoms with Gasteiger partial charge in [0.1, 0.15) is 19.2 Å². The molecule has 8 heteroatoms. The quantitative estimate of drug-likeness (QED) is 0.436. The molecule has 0 saturated carbocycles. The van der Waals surface area contributed by atoms with E-state index in [9.17, 15) is 19.5 Å². The summed E-state index contributed by atoms with van der Waals surface area (Å²) in [5.41, 5.74) is 4.44. The van der Waals surface area contributed by atoms with Crippen molar-refractivity contribution in [1.29, 1.82) is 0 Å². The summed E-state index contributed by atoms with van der Waals surface area (Å²) in [6.07, 6.45) is -0.140. The third-order valence-electron chi connectivity index (χ3n) is 6.39. The summed E-state index contributed by atoms with van der Waals surface area (Å²) in [5, 5.41) is 13.8. The lowest BCUT2D eigenvalue weighted by atomic mass is 9.98. The highest BCUT2D eigenvalue weighted by atomic mass is 32.1. The Labute approximate surface area is 208 Å². The van der Waals surface area contributed by atoms with Crippen LogP contribution in [0.25, 0.3) is 11.1 Å². The van der Waals surface area contributed by atoms with Crippen LogP contribution in [0.5, 0.6) is 0 Å². The van der Waals surface area contributed by atoms with Gasteiger partial charge in [-0.05, 0) is 47.0 Å². The summed E-state index contributed by atoms with van der Waals surface area (Å²) in [4.78, 5) is 39.6. The maximum Gasteiger partial charge on any atom is 0.408 e. The van der Waals surface area contributed by atoms with E-state index in [0.29, 0.717) is 11.3 Å². The van der Waals surface area contributed by atoms with Crippen LogP contribution in [-0.4, -0.2) is 47.2 Å². The molecular formula is C27H28N2O5S. The molecule has 2 atom stereocenters. The van der Waals surface area contributed by atoms with E-state index in [-0.39, 0.29) is 18.6 Å². The smallest absolute Gasteiger partial charge is 0.408 e. The molecule has 0 fully saturated rings. The predicted octanol–water partition coefficient (Wildman–Crippen LogP) is 5.04. The molecule has 1 aromatic heterocycles. The van der Waals surface area contributed by atoms with Gasteiger partial charge in [-0.3, -0.25) is 9.59 Å². The van der Waals surface area contributed by atoms with Crippen LogP contribution >= 0.6 is 11.3 Å². The highest BCUT2D eigenvalue weighted by molar-refractivity contribution is 7.10. The average molecular weight is 493 g/mol. The average Bonchev–Trinajstić information content (AvgIpc) is 3.50. The molecule has 2 amide bonds. The van der Waals surface area contributed by atoms with Gasteiger partial charge in [-0.1, -0.05) is 61.5 Å². The number of thiophene rings is 1. The third kappa shape index (κ3) is 5.22. The van der Waals surface area contributed by atoms with Crippen molar-refractivity contribution in [3.05, 3.63) is 82.0 Å². The summed E-state index contributed by atoms with van der Waals surface area (Å²) >= 11 is 1.32. The molecule has 0 saturated heterocycles. The van der Waals surface area contributed by atoms with Crippen molar-refractivity contribution in [2.75, 3.05) is 13.2 Å². The lowest BCUT2D eigenvalue weighted by Gasteiger charge is -2.30. The lowest BCUT2D eigenvalue weighted by molar-refractivity contribution is -0.147. The second kappa shape index (κ2) is 10.7. The minimum atomic E-state index is -1.11. The van der Waals surface area contributed by atoms with Crippen LogP contribution in [0.3, 0.4) is 0 Å². The number of amides is 2. The standard InChI is InChI=1S/C27H28N2O5S/c1-3-17(2)29(15-24(30)31)26(32)25(23-13-8-14-35-23)28-27(33)34-16-22-20-11-6-4-9-18(20)19-10-5-7-12-21(19)22/h4-14,17,22,25H,3,15-16H2,1-2H3,(H,28,33)(H,30,31). The van der Waals surface area contributed by atoms with Crippen molar-refractivity contribution < 1.29 is 24.2 Å². The fraction of sp³-hybridized carbons (Fsp3) is 0.296. The van der Waals surface area contributed by atoms with Crippen LogP contribution in [0, 0.1) is 0 Å². The fourth-order valence-corrected chi connectivity index (χ4v) is 5.22. The lowest BCUT2D eigenvalue weighted by Crippen LogP contribution is -2.48. The highest BCUT2D eigenvalue weighted by Gasteiger charge is 2.33. The Morgan fingerprint density at radius 2 is 1.66 bits per heavy atom. The molecule has 2 unspecified atom stereocenters. The Morgan fingerprint density at radius 3 is 2.20 bits per heavy atom. The molecule has 0 spiro atoms. The van der Waals surface area contributed by atoms with Crippen molar-refractivity contribution in [2.24, 2.45) is 0 Å². The molecule has 7 nitrogen and oxygen atoms in total. The van der Waals surface area contributed by atoms with Gasteiger partial charge in [0.15, 0.2) is 0 Å². The number of hydrogen-bond acceptors (Lipinski definition) is 5. The van der Waals surface area contributed by atoms with Crippen molar-refractivity contribution >= 4 is 29.3 Å². The van der Waals surface area contributed by atoms with Crippen molar-refractivity contribution in [1.82, 2.24) is 10.2 Å². The Kier molecular flexibility index (Phi) is 7.51. The van der Waals surface area contributed by atoms with Crippen LogP contribution in [0.2, 0.25) is 0 Å². The van der Waals surface area contributed by atoms with Gasteiger partial charge in [0.2, 0.25) is 0 Å². The first kappa shape index (κ1) is 24.5. The number of nitrogens with zero attached hydrogens (tertiary/aromatic N) is 1. The van der Waals surface area contributed by atoms with E-state index in [1.807, 2.05) is 43.3 Å². The normalized spacial score (nSPS) is 13.9. The number of aliphatic carboxylic acids is 1. The van der Waals surface area contributed by atoms with E-state index in [2.05, 4.69) is 17.4 Å². The Morgan fingerprint density at radius 1 is 1.03 bits per heavy atom. The zero-order valence-electron chi connectivity index (χ0n) is 19.6. The zero-order chi connectivity index (χ0) is 24.9. The molecule has 3 aromatic rings. The number of nitrogens with one attached hydrogen (secondary N) is 1. The van der Waals surface area contributed by atoms with Crippen LogP contribution < -0.4 is 5.32 Å². The summed E-state index contributed by atoms with van der Waals surface area (Å²) < 4.78 is 5.63. The minimum absolute atomic E-state index is 0.104. The number of hydrogen-bond donors (Lipinski definition) is 2. The molecule has 0 bridgehead atoms. The summed E-state index contributed by atoms with van der Waals surface area (Å²) in [6.45, 7) is 3.35. The molecule has 35 heavy (non-hydrogen) atoms. The molecule has 182 valence electrons. The number of carboxylic acids is 1. The monoisotopic (exact) mass is 492 g/mol. The summed E-state index contributed by atoms with van der Waals surface area (Å²) in [5.74, 6) is -1.69. The van der Waals surface area contributed by atoms with E-state index in [4.69, 9.17) is 4.74 Å². The number of carbonyl (C=O) groups is 3. The van der Waals surface area contributed by atoms with Crippen LogP contribution in [-0.2, 0) is 14.3 Å². The number of fused-ring (bicyclic) bond motifs is 3. The molecule has 0 radical (unpaired) electrons. The molecular weight excluding hydrogens is 464 g/mol. The Hall–Kier alpha value is -3.65. The molecule has 1 aliphatic carbocycles. The number of benzene rings is 2. The van der Waals surface area contributed by atoms with Gasteiger partial charge in [-0.2, -0.15) is 0 Å². The first-order chi connectivity index (χ1) is 16.9. The molecule has 2 aromatic carbocycles. The van der Waals surface area contributed by atoms with Crippen molar-refractivity contribution in [3.63, 3.8) is 0 Å². The van der Waals surface area contributed by atoms with Gasteiger partial charge >= 0.3 is 12.1 Å². The highest BCUT2D eigenvalue weighted by Crippen LogP contribution is 2.44. The SMILES string of the molecule is CCC(C)N(CC(=O)O)C(=O)C(NC(=O)OCC1c2ccccc2-c2ccccc21)c1cccs1. The number of carbonyl (C=O) groups excluding carboxylic acids is 2. The largest absolute Gasteiger partial charge is 0.480 e. The van der Waals surface area contributed by atoms with E-state index in [0.717, 1.165) is 22.3 Å². The van der Waals surface area contributed by atoms with Crippen LogP contribution in [0.15, 0.2) is 66.0 Å². The topological polar surface area (TPSA) is 95.9 Å². The molecule has 0 aliphatic heterocycles. The first-order valence-corrected chi connectivity index (χ1v) is 12.5. The fourth-order valence-electron chi connectivity index (χ4n) is 4.45. The number of rotatable bonds is 9. The van der Waals surface area contributed by atoms with Gasteiger partial charge in [0.25, 0.3) is 5.91 Å². The van der Waals surface area contributed by atoms with Gasteiger partial charge in [-0.15, -0.1) is 11.3 Å². The third-order valence-corrected chi connectivity index (χ3v) is 7.33. The molecule has 1 aliphatic rings. The maximum atomic E-state index is 13.4. The Bertz CT molecular complexity index is 1160. The Balaban J connectivity index is 1.51. The van der Waals surface area contributed by atoms with Crippen LogP contribution in [0.1, 0.15) is 48.2 Å². The zero-order valence-corrected chi connectivity index (χ0v) is 20.5. The maximum absolute atomic E-state index is 13.4. The van der Waals surface area contributed by atoms with E-state index >= 15 is 0 Å². The van der Waals surface area contributed by atoms with Crippen LogP contribution in [0.4, 0.5) is 4.79 Å². The van der Waals surface area contributed by atoms with Gasteiger partial charge in [0.05, 0.1) is 0 Å². The minimum Gasteiger partial charge on any atom is -0.480 e. The molecule has 4 rings (SSSR count). The summed E-state index contributed by atoms with van der Waals surface area (Å²) in [7, 11) is 0. The number of carboxylic acid groups (broad SMARTS) is 1. The summed E-state index contributed by atoms with van der Waals surface area (Å²) in [6, 6.07) is 18.3. The van der Waals surface area contributed by atoms with Gasteiger partial charge in [-0.25, -0.2) is 4.79 Å². The van der Waals surface area contributed by atoms with Gasteiger partial charge in [0, 0.05) is 16.8 Å². The second-order valence-electron chi connectivity index (χ2n) is 8.54. The first-order valence-electron chi connectivity index (χ1n) is 11.6. The van der Waals surface area contributed by atoms with Crippen molar-refractivity contribution in [3.8, 4) is 11.1 Å². The predicted molar refractivity (Wildman–Crippen MR) is 134 cm³/mol. The number of alkyl carbamates (subject to hydrolysis) is 1. The van der Waals surface area contributed by atoms with E-state index < -0.39 is 30.6 Å². The van der Waals surface area contributed by atoms with E-state index in [1.54, 1.807) is 24.4 Å². The van der Waals surface area contributed by atoms with Crippen molar-refractivity contribution in [2.45, 2.75) is 38.3 Å². The molecule has 1 heterocycles. The second-order valence-corrected chi connectivity index (χ2v) is 9.51. The van der Waals surface area contributed by atoms with E-state index in [1.165, 1.54) is 16.2 Å². The molecule has 2 N–H and O–H groups in total. The van der Waals surface area contributed by atoms with Gasteiger partial charge < -0.3 is 20.1 Å².